The quantitative estimate of drug-likeness (QED) is 0.685. The molecule has 1 saturated heterocycles. The second-order valence-corrected chi connectivity index (χ2v) is 4.96. The van der Waals surface area contributed by atoms with Gasteiger partial charge in [-0.3, -0.25) is 9.59 Å². The van der Waals surface area contributed by atoms with Crippen molar-refractivity contribution in [3.63, 3.8) is 0 Å². The average Bonchev–Trinajstić information content (AvgIpc) is 2.48. The van der Waals surface area contributed by atoms with Crippen LogP contribution in [0.2, 0.25) is 0 Å². The van der Waals surface area contributed by atoms with Gasteiger partial charge >= 0.3 is 5.97 Å². The highest BCUT2D eigenvalue weighted by Gasteiger charge is 2.29. The number of esters is 1. The van der Waals surface area contributed by atoms with Gasteiger partial charge in [-0.25, -0.2) is 0 Å². The first-order valence-corrected chi connectivity index (χ1v) is 6.93. The number of benzene rings is 1. The average molecular weight is 313 g/mol. The van der Waals surface area contributed by atoms with E-state index in [-0.39, 0.29) is 30.2 Å². The third kappa shape index (κ3) is 4.36. The summed E-state index contributed by atoms with van der Waals surface area (Å²) in [6.07, 6.45) is 1.61. The number of anilines is 1. The first-order chi connectivity index (χ1) is 9.61. The van der Waals surface area contributed by atoms with E-state index in [4.69, 9.17) is 10.5 Å². The molecule has 1 amide bonds. The molecule has 0 aliphatic carbocycles. The highest BCUT2D eigenvalue weighted by molar-refractivity contribution is 5.94. The summed E-state index contributed by atoms with van der Waals surface area (Å²) in [6, 6.07) is 6.84. The number of rotatable bonds is 3. The second-order valence-electron chi connectivity index (χ2n) is 4.96. The lowest BCUT2D eigenvalue weighted by Crippen LogP contribution is -2.42. The van der Waals surface area contributed by atoms with Crippen LogP contribution in [0.3, 0.4) is 0 Å². The van der Waals surface area contributed by atoms with E-state index in [0.717, 1.165) is 12.8 Å². The molecule has 1 fully saturated rings. The maximum Gasteiger partial charge on any atom is 0.310 e. The molecule has 0 aromatic heterocycles. The molecule has 2 rings (SSSR count). The number of likely N-dealkylation sites (tertiary alicyclic amines) is 1. The first kappa shape index (κ1) is 17.3. The molecule has 116 valence electrons. The van der Waals surface area contributed by atoms with Crippen LogP contribution >= 0.6 is 12.4 Å². The van der Waals surface area contributed by atoms with Crippen molar-refractivity contribution in [2.45, 2.75) is 19.8 Å². The Hall–Kier alpha value is -1.75. The molecule has 2 N–H and O–H groups in total. The van der Waals surface area contributed by atoms with Gasteiger partial charge < -0.3 is 15.4 Å². The summed E-state index contributed by atoms with van der Waals surface area (Å²) in [4.78, 5) is 25.9. The van der Waals surface area contributed by atoms with Gasteiger partial charge in [-0.1, -0.05) is 0 Å². The summed E-state index contributed by atoms with van der Waals surface area (Å²) >= 11 is 0. The predicted octanol–water partition coefficient (Wildman–Crippen LogP) is 2.11. The Kier molecular flexibility index (Phi) is 6.49. The van der Waals surface area contributed by atoms with E-state index in [1.165, 1.54) is 0 Å². The second kappa shape index (κ2) is 7.88. The number of nitrogen functional groups attached to an aromatic ring is 1. The number of hydrogen-bond acceptors (Lipinski definition) is 4. The number of nitrogens with two attached hydrogens (primary N) is 1. The van der Waals surface area contributed by atoms with E-state index in [1.54, 1.807) is 36.1 Å². The van der Waals surface area contributed by atoms with Gasteiger partial charge in [0.25, 0.3) is 5.91 Å². The summed E-state index contributed by atoms with van der Waals surface area (Å²) in [5.41, 5.74) is 6.84. The van der Waals surface area contributed by atoms with Crippen LogP contribution in [0.15, 0.2) is 24.3 Å². The molecule has 0 bridgehead atoms. The Bertz CT molecular complexity index is 490. The van der Waals surface area contributed by atoms with Crippen LogP contribution in [0.25, 0.3) is 0 Å². The van der Waals surface area contributed by atoms with Crippen LogP contribution in [-0.4, -0.2) is 36.5 Å². The van der Waals surface area contributed by atoms with Crippen LogP contribution in [0.4, 0.5) is 5.69 Å². The van der Waals surface area contributed by atoms with Gasteiger partial charge in [-0.15, -0.1) is 12.4 Å². The fourth-order valence-electron chi connectivity index (χ4n) is 2.42. The van der Waals surface area contributed by atoms with E-state index >= 15 is 0 Å². The molecule has 6 heteroatoms. The molecular weight excluding hydrogens is 292 g/mol. The lowest BCUT2D eigenvalue weighted by Gasteiger charge is -2.31. The zero-order valence-corrected chi connectivity index (χ0v) is 12.9. The van der Waals surface area contributed by atoms with Crippen molar-refractivity contribution < 1.29 is 14.3 Å². The summed E-state index contributed by atoms with van der Waals surface area (Å²) in [5.74, 6) is -0.470. The summed E-state index contributed by atoms with van der Waals surface area (Å²) < 4.78 is 5.04. The minimum Gasteiger partial charge on any atom is -0.466 e. The van der Waals surface area contributed by atoms with Gasteiger partial charge in [0, 0.05) is 24.3 Å². The highest BCUT2D eigenvalue weighted by atomic mass is 35.5. The molecule has 1 heterocycles. The maximum absolute atomic E-state index is 12.4. The van der Waals surface area contributed by atoms with E-state index in [2.05, 4.69) is 0 Å². The summed E-state index contributed by atoms with van der Waals surface area (Å²) in [7, 11) is 0. The number of halogens is 1. The van der Waals surface area contributed by atoms with Crippen molar-refractivity contribution in [1.29, 1.82) is 0 Å². The van der Waals surface area contributed by atoms with E-state index in [1.807, 2.05) is 0 Å². The number of amides is 1. The fraction of sp³-hybridized carbons (Fsp3) is 0.467. The smallest absolute Gasteiger partial charge is 0.310 e. The minimum absolute atomic E-state index is 0. The molecule has 0 spiro atoms. The van der Waals surface area contributed by atoms with E-state index in [9.17, 15) is 9.59 Å². The molecule has 21 heavy (non-hydrogen) atoms. The molecular formula is C15H21ClN2O3. The number of hydrogen-bond donors (Lipinski definition) is 1. The molecule has 0 saturated carbocycles. The third-order valence-corrected chi connectivity index (χ3v) is 3.49. The Morgan fingerprint density at radius 1 is 1.33 bits per heavy atom. The van der Waals surface area contributed by atoms with Crippen molar-refractivity contribution in [2.24, 2.45) is 5.92 Å². The molecule has 1 aliphatic rings. The van der Waals surface area contributed by atoms with Crippen LogP contribution in [0.1, 0.15) is 30.1 Å². The van der Waals surface area contributed by atoms with Gasteiger partial charge in [-0.2, -0.15) is 0 Å². The largest absolute Gasteiger partial charge is 0.466 e. The van der Waals surface area contributed by atoms with Crippen LogP contribution in [-0.2, 0) is 9.53 Å². The lowest BCUT2D eigenvalue weighted by atomic mass is 9.97. The fourth-order valence-corrected chi connectivity index (χ4v) is 2.42. The molecule has 1 aromatic rings. The zero-order valence-electron chi connectivity index (χ0n) is 12.1. The van der Waals surface area contributed by atoms with Crippen molar-refractivity contribution >= 4 is 30.0 Å². The van der Waals surface area contributed by atoms with Crippen molar-refractivity contribution in [1.82, 2.24) is 4.90 Å². The molecule has 1 aliphatic heterocycles. The first-order valence-electron chi connectivity index (χ1n) is 6.93. The van der Waals surface area contributed by atoms with Gasteiger partial charge in [0.1, 0.15) is 0 Å². The van der Waals surface area contributed by atoms with Crippen LogP contribution < -0.4 is 5.73 Å². The molecule has 0 radical (unpaired) electrons. The van der Waals surface area contributed by atoms with Crippen molar-refractivity contribution in [2.75, 3.05) is 25.4 Å². The number of ether oxygens (including phenoxy) is 1. The maximum atomic E-state index is 12.4. The van der Waals surface area contributed by atoms with Gasteiger partial charge in [0.05, 0.1) is 12.5 Å². The topological polar surface area (TPSA) is 72.6 Å². The van der Waals surface area contributed by atoms with E-state index < -0.39 is 0 Å². The zero-order chi connectivity index (χ0) is 14.5. The monoisotopic (exact) mass is 312 g/mol. The van der Waals surface area contributed by atoms with Gasteiger partial charge in [0.15, 0.2) is 0 Å². The molecule has 1 atom stereocenters. The van der Waals surface area contributed by atoms with E-state index in [0.29, 0.717) is 30.9 Å². The van der Waals surface area contributed by atoms with Crippen LogP contribution in [0, 0.1) is 5.92 Å². The van der Waals surface area contributed by atoms with Crippen molar-refractivity contribution in [3.05, 3.63) is 29.8 Å². The number of nitrogens with zero attached hydrogens (tertiary/aromatic N) is 1. The highest BCUT2D eigenvalue weighted by Crippen LogP contribution is 2.20. The predicted molar refractivity (Wildman–Crippen MR) is 83.4 cm³/mol. The summed E-state index contributed by atoms with van der Waals surface area (Å²) in [5, 5.41) is 0. The number of carbonyl (C=O) groups is 2. The molecule has 1 aromatic carbocycles. The standard InChI is InChI=1S/C15H20N2O3.ClH/c1-2-20-15(19)12-4-3-9-17(10-12)14(18)11-5-7-13(16)8-6-11;/h5-8,12H,2-4,9-10,16H2,1H3;1H. The minimum atomic E-state index is -0.207. The van der Waals surface area contributed by atoms with Gasteiger partial charge in [-0.05, 0) is 44.0 Å². The van der Waals surface area contributed by atoms with Gasteiger partial charge in [0.2, 0.25) is 0 Å². The molecule has 1 unspecified atom stereocenters. The normalized spacial score (nSPS) is 17.8. The Balaban J connectivity index is 0.00000220. The molecule has 5 nitrogen and oxygen atoms in total. The number of carbonyl (C=O) groups excluding carboxylic acids is 2. The van der Waals surface area contributed by atoms with Crippen LogP contribution in [0.5, 0.6) is 0 Å². The summed E-state index contributed by atoms with van der Waals surface area (Å²) in [6.45, 7) is 3.28. The van der Waals surface area contributed by atoms with Crippen molar-refractivity contribution in [3.8, 4) is 0 Å². The third-order valence-electron chi connectivity index (χ3n) is 3.49. The lowest BCUT2D eigenvalue weighted by molar-refractivity contribution is -0.149. The Morgan fingerprint density at radius 3 is 2.62 bits per heavy atom. The Labute approximate surface area is 130 Å². The Morgan fingerprint density at radius 2 is 2.00 bits per heavy atom. The number of piperidine rings is 1. The SMILES string of the molecule is CCOC(=O)C1CCCN(C(=O)c2ccc(N)cc2)C1.Cl.